The number of carbonyl (C=O) groups is 1. The van der Waals surface area contributed by atoms with Gasteiger partial charge in [0, 0.05) is 6.07 Å². The number of fused-ring (bicyclic) bond motifs is 1. The van der Waals surface area contributed by atoms with Crippen molar-refractivity contribution >= 4 is 22.8 Å². The monoisotopic (exact) mass is 376 g/mol. The van der Waals surface area contributed by atoms with Crippen LogP contribution in [0.3, 0.4) is 0 Å². The van der Waals surface area contributed by atoms with Crippen molar-refractivity contribution in [2.75, 3.05) is 0 Å². The van der Waals surface area contributed by atoms with Crippen molar-refractivity contribution in [3.63, 3.8) is 0 Å². The molecule has 1 aromatic heterocycles. The Bertz CT molecular complexity index is 912. The lowest BCUT2D eigenvalue weighted by molar-refractivity contribution is -0.384. The van der Waals surface area contributed by atoms with E-state index in [9.17, 15) is 19.7 Å². The molecule has 0 unspecified atom stereocenters. The van der Waals surface area contributed by atoms with Crippen molar-refractivity contribution < 1.29 is 18.9 Å². The van der Waals surface area contributed by atoms with E-state index < -0.39 is 16.6 Å². The lowest BCUT2D eigenvalue weighted by Gasteiger charge is -2.36. The van der Waals surface area contributed by atoms with Gasteiger partial charge in [0.25, 0.3) is 5.69 Å². The highest BCUT2D eigenvalue weighted by molar-refractivity contribution is 5.78. The maximum absolute atomic E-state index is 12.3. The maximum atomic E-state index is 12.3. The van der Waals surface area contributed by atoms with Crippen LogP contribution < -0.4 is 5.76 Å². The minimum atomic E-state index is -0.737. The predicted octanol–water partition coefficient (Wildman–Crippen LogP) is 3.65. The van der Waals surface area contributed by atoms with Crippen LogP contribution in [0.1, 0.15) is 46.5 Å². The van der Waals surface area contributed by atoms with Crippen molar-refractivity contribution in [2.45, 2.75) is 59.1 Å². The van der Waals surface area contributed by atoms with Gasteiger partial charge < -0.3 is 9.15 Å². The Morgan fingerprint density at radius 3 is 2.56 bits per heavy atom. The molecule has 8 heteroatoms. The number of aromatic nitrogens is 1. The first-order valence-electron chi connectivity index (χ1n) is 9.12. The molecule has 0 N–H and O–H groups in total. The van der Waals surface area contributed by atoms with Crippen molar-refractivity contribution in [1.82, 2.24) is 4.57 Å². The molecular weight excluding hydrogens is 352 g/mol. The molecule has 1 fully saturated rings. The first-order chi connectivity index (χ1) is 12.6. The number of oxazole rings is 1. The number of nitro groups is 1. The van der Waals surface area contributed by atoms with E-state index in [4.69, 9.17) is 9.15 Å². The van der Waals surface area contributed by atoms with Gasteiger partial charge in [0.2, 0.25) is 0 Å². The summed E-state index contributed by atoms with van der Waals surface area (Å²) in [5, 5.41) is 10.8. The fourth-order valence-electron chi connectivity index (χ4n) is 3.72. The van der Waals surface area contributed by atoms with Gasteiger partial charge in [-0.05, 0) is 43.1 Å². The second-order valence-corrected chi connectivity index (χ2v) is 8.19. The summed E-state index contributed by atoms with van der Waals surface area (Å²) in [5.74, 6) is -0.625. The van der Waals surface area contributed by atoms with Crippen LogP contribution >= 0.6 is 0 Å². The van der Waals surface area contributed by atoms with Gasteiger partial charge in [-0.15, -0.1) is 0 Å². The summed E-state index contributed by atoms with van der Waals surface area (Å²) in [6.45, 7) is 6.41. The molecule has 0 saturated heterocycles. The molecular formula is C19H24N2O6. The molecule has 146 valence electrons. The van der Waals surface area contributed by atoms with Gasteiger partial charge in [-0.3, -0.25) is 19.5 Å². The first kappa shape index (κ1) is 19.1. The molecule has 0 bridgehead atoms. The summed E-state index contributed by atoms with van der Waals surface area (Å²) in [7, 11) is 0. The molecule has 1 saturated carbocycles. The van der Waals surface area contributed by atoms with E-state index in [1.54, 1.807) is 0 Å². The van der Waals surface area contributed by atoms with Gasteiger partial charge in [0.15, 0.2) is 5.58 Å². The van der Waals surface area contributed by atoms with Crippen molar-refractivity contribution in [3.05, 3.63) is 38.9 Å². The maximum Gasteiger partial charge on any atom is 0.420 e. The molecule has 1 heterocycles. The molecule has 8 nitrogen and oxygen atoms in total. The largest absolute Gasteiger partial charge is 0.461 e. The van der Waals surface area contributed by atoms with Gasteiger partial charge in [-0.25, -0.2) is 4.79 Å². The lowest BCUT2D eigenvalue weighted by atomic mass is 9.72. The minimum absolute atomic E-state index is 0.0766. The summed E-state index contributed by atoms with van der Waals surface area (Å²) >= 11 is 0. The smallest absolute Gasteiger partial charge is 0.420 e. The zero-order valence-electron chi connectivity index (χ0n) is 15.8. The normalized spacial score (nSPS) is 20.6. The Morgan fingerprint density at radius 2 is 1.96 bits per heavy atom. The Balaban J connectivity index is 1.66. The molecule has 3 rings (SSSR count). The van der Waals surface area contributed by atoms with Gasteiger partial charge in [0.1, 0.15) is 12.6 Å². The van der Waals surface area contributed by atoms with E-state index in [-0.39, 0.29) is 29.3 Å². The number of hydrogen-bond donors (Lipinski definition) is 0. The molecule has 0 amide bonds. The number of nitrogens with zero attached hydrogens (tertiary/aromatic N) is 2. The Kier molecular flexibility index (Phi) is 5.08. The summed E-state index contributed by atoms with van der Waals surface area (Å²) in [4.78, 5) is 34.6. The third-order valence-electron chi connectivity index (χ3n) is 5.35. The second-order valence-electron chi connectivity index (χ2n) is 8.19. The Morgan fingerprint density at radius 1 is 1.30 bits per heavy atom. The number of rotatable bonds is 4. The molecule has 2 aromatic rings. The fraction of sp³-hybridized carbons (Fsp3) is 0.579. The van der Waals surface area contributed by atoms with E-state index in [1.807, 2.05) is 0 Å². The molecule has 27 heavy (non-hydrogen) atoms. The average Bonchev–Trinajstić information content (AvgIpc) is 2.89. The van der Waals surface area contributed by atoms with E-state index >= 15 is 0 Å². The minimum Gasteiger partial charge on any atom is -0.461 e. The number of carbonyl (C=O) groups excluding carboxylic acids is 1. The van der Waals surface area contributed by atoms with Crippen LogP contribution in [0.25, 0.3) is 11.1 Å². The summed E-state index contributed by atoms with van der Waals surface area (Å²) in [5.41, 5.74) is 0.480. The van der Waals surface area contributed by atoms with E-state index in [1.165, 1.54) is 18.2 Å². The van der Waals surface area contributed by atoms with Crippen LogP contribution in [-0.2, 0) is 16.1 Å². The first-order valence-corrected chi connectivity index (χ1v) is 9.12. The number of hydrogen-bond acceptors (Lipinski definition) is 6. The second kappa shape index (κ2) is 7.17. The van der Waals surface area contributed by atoms with Crippen LogP contribution in [0.5, 0.6) is 0 Å². The van der Waals surface area contributed by atoms with Crippen molar-refractivity contribution in [1.29, 1.82) is 0 Å². The third-order valence-corrected chi connectivity index (χ3v) is 5.35. The highest BCUT2D eigenvalue weighted by Crippen LogP contribution is 2.38. The molecule has 0 atom stereocenters. The van der Waals surface area contributed by atoms with Gasteiger partial charge in [-0.1, -0.05) is 20.8 Å². The van der Waals surface area contributed by atoms with E-state index in [0.717, 1.165) is 30.3 Å². The quantitative estimate of drug-likeness (QED) is 0.458. The van der Waals surface area contributed by atoms with E-state index in [0.29, 0.717) is 11.4 Å². The standard InChI is InChI=1S/C19H24N2O6/c1-19(2,3)12-4-7-14(8-5-12)26-17(22)11-20-15-9-6-13(21(24)25)10-16(15)27-18(20)23/h6,9-10,12,14H,4-5,7-8,11H2,1-3H3. The highest BCUT2D eigenvalue weighted by atomic mass is 16.6. The molecule has 0 spiro atoms. The number of nitro benzene ring substituents is 1. The van der Waals surface area contributed by atoms with Gasteiger partial charge in [0.05, 0.1) is 16.5 Å². The topological polar surface area (TPSA) is 105 Å². The van der Waals surface area contributed by atoms with Crippen LogP contribution in [0.15, 0.2) is 27.4 Å². The van der Waals surface area contributed by atoms with E-state index in [2.05, 4.69) is 20.8 Å². The number of non-ortho nitro benzene ring substituents is 1. The Hall–Kier alpha value is -2.64. The van der Waals surface area contributed by atoms with Gasteiger partial charge in [-0.2, -0.15) is 0 Å². The molecule has 1 aliphatic carbocycles. The molecule has 0 aliphatic heterocycles. The fourth-order valence-corrected chi connectivity index (χ4v) is 3.72. The highest BCUT2D eigenvalue weighted by Gasteiger charge is 2.31. The Labute approximate surface area is 156 Å². The number of benzene rings is 1. The summed E-state index contributed by atoms with van der Waals surface area (Å²) < 4.78 is 11.7. The third kappa shape index (κ3) is 4.20. The molecule has 1 aromatic carbocycles. The predicted molar refractivity (Wildman–Crippen MR) is 98.4 cm³/mol. The summed E-state index contributed by atoms with van der Waals surface area (Å²) in [6, 6.07) is 3.85. The molecule has 1 aliphatic rings. The SMILES string of the molecule is CC(C)(C)C1CCC(OC(=O)Cn2c(=O)oc3cc([N+](=O)[O-])ccc32)CC1. The average molecular weight is 376 g/mol. The summed E-state index contributed by atoms with van der Waals surface area (Å²) in [6.07, 6.45) is 3.53. The van der Waals surface area contributed by atoms with Crippen LogP contribution in [-0.4, -0.2) is 21.6 Å². The number of ether oxygens (including phenoxy) is 1. The van der Waals surface area contributed by atoms with Crippen LogP contribution in [0.4, 0.5) is 5.69 Å². The molecule has 0 radical (unpaired) electrons. The van der Waals surface area contributed by atoms with Crippen LogP contribution in [0.2, 0.25) is 0 Å². The zero-order chi connectivity index (χ0) is 19.8. The van der Waals surface area contributed by atoms with Crippen molar-refractivity contribution in [3.8, 4) is 0 Å². The van der Waals surface area contributed by atoms with Gasteiger partial charge >= 0.3 is 11.7 Å². The van der Waals surface area contributed by atoms with Crippen LogP contribution in [0, 0.1) is 21.4 Å². The van der Waals surface area contributed by atoms with Crippen molar-refractivity contribution in [2.24, 2.45) is 11.3 Å². The zero-order valence-corrected chi connectivity index (χ0v) is 15.8. The number of esters is 1. The lowest BCUT2D eigenvalue weighted by Crippen LogP contribution is -2.31.